The van der Waals surface area contributed by atoms with Crippen molar-refractivity contribution in [3.05, 3.63) is 0 Å². The lowest BCUT2D eigenvalue weighted by Crippen LogP contribution is -2.46. The minimum atomic E-state index is -0.388. The zero-order valence-electron chi connectivity index (χ0n) is 10.3. The van der Waals surface area contributed by atoms with Crippen LogP contribution in [0.1, 0.15) is 26.7 Å². The van der Waals surface area contributed by atoms with Crippen LogP contribution in [0.2, 0.25) is 0 Å². The monoisotopic (exact) mass is 229 g/mol. The van der Waals surface area contributed by atoms with Gasteiger partial charge in [0, 0.05) is 32.5 Å². The highest BCUT2D eigenvalue weighted by Crippen LogP contribution is 2.33. The van der Waals surface area contributed by atoms with Crippen LogP contribution in [0, 0.1) is 5.92 Å². The summed E-state index contributed by atoms with van der Waals surface area (Å²) in [7, 11) is 0. The smallest absolute Gasteiger partial charge is 0.171 e. The molecule has 0 saturated carbocycles. The fourth-order valence-corrected chi connectivity index (χ4v) is 2.56. The van der Waals surface area contributed by atoms with E-state index in [4.69, 9.17) is 14.6 Å². The Hall–Kier alpha value is -0.160. The van der Waals surface area contributed by atoms with E-state index >= 15 is 0 Å². The SMILES string of the molecule is CC(C)CN1CCC2(CC1)OCC(CO)O2. The number of hydrogen-bond acceptors (Lipinski definition) is 4. The molecule has 1 atom stereocenters. The second kappa shape index (κ2) is 5.00. The highest BCUT2D eigenvalue weighted by atomic mass is 16.7. The maximum atomic E-state index is 9.04. The van der Waals surface area contributed by atoms with Gasteiger partial charge in [-0.15, -0.1) is 0 Å². The van der Waals surface area contributed by atoms with Gasteiger partial charge in [-0.25, -0.2) is 0 Å². The molecule has 94 valence electrons. The van der Waals surface area contributed by atoms with Gasteiger partial charge in [0.2, 0.25) is 0 Å². The van der Waals surface area contributed by atoms with Crippen molar-refractivity contribution in [3.8, 4) is 0 Å². The van der Waals surface area contributed by atoms with E-state index in [1.807, 2.05) is 0 Å². The highest BCUT2D eigenvalue weighted by Gasteiger charge is 2.43. The molecular weight excluding hydrogens is 206 g/mol. The first-order valence-corrected chi connectivity index (χ1v) is 6.28. The fraction of sp³-hybridized carbons (Fsp3) is 1.00. The van der Waals surface area contributed by atoms with E-state index in [-0.39, 0.29) is 18.5 Å². The van der Waals surface area contributed by atoms with Crippen LogP contribution in [0.25, 0.3) is 0 Å². The molecule has 2 rings (SSSR count). The summed E-state index contributed by atoms with van der Waals surface area (Å²) >= 11 is 0. The van der Waals surface area contributed by atoms with E-state index in [0.717, 1.165) is 32.5 Å². The summed E-state index contributed by atoms with van der Waals surface area (Å²) in [5.41, 5.74) is 0. The van der Waals surface area contributed by atoms with Crippen LogP contribution in [0.15, 0.2) is 0 Å². The number of likely N-dealkylation sites (tertiary alicyclic amines) is 1. The van der Waals surface area contributed by atoms with Gasteiger partial charge in [-0.1, -0.05) is 13.8 Å². The third-order valence-corrected chi connectivity index (χ3v) is 3.36. The number of aliphatic hydroxyl groups is 1. The number of piperidine rings is 1. The van der Waals surface area contributed by atoms with Crippen molar-refractivity contribution in [2.45, 2.75) is 38.6 Å². The second-order valence-electron chi connectivity index (χ2n) is 5.34. The number of ether oxygens (including phenoxy) is 2. The molecule has 0 amide bonds. The largest absolute Gasteiger partial charge is 0.394 e. The van der Waals surface area contributed by atoms with Crippen LogP contribution >= 0.6 is 0 Å². The van der Waals surface area contributed by atoms with Crippen LogP contribution in [0.3, 0.4) is 0 Å². The summed E-state index contributed by atoms with van der Waals surface area (Å²) in [5.74, 6) is 0.325. The minimum absolute atomic E-state index is 0.0669. The number of hydrogen-bond donors (Lipinski definition) is 1. The number of rotatable bonds is 3. The van der Waals surface area contributed by atoms with Crippen LogP contribution in [0.4, 0.5) is 0 Å². The maximum Gasteiger partial charge on any atom is 0.171 e. The Balaban J connectivity index is 1.81. The summed E-state index contributed by atoms with van der Waals surface area (Å²) in [6, 6.07) is 0. The standard InChI is InChI=1S/C12H23NO3/c1-10(2)7-13-5-3-12(4-6-13)15-9-11(8-14)16-12/h10-11,14H,3-9H2,1-2H3. The molecule has 1 unspecified atom stereocenters. The van der Waals surface area contributed by atoms with Gasteiger partial charge in [-0.05, 0) is 5.92 Å². The molecule has 2 fully saturated rings. The Bertz CT molecular complexity index is 224. The molecule has 4 heteroatoms. The summed E-state index contributed by atoms with van der Waals surface area (Å²) in [5, 5.41) is 9.04. The van der Waals surface area contributed by atoms with Crippen molar-refractivity contribution in [1.82, 2.24) is 4.90 Å². The van der Waals surface area contributed by atoms with Crippen LogP contribution in [-0.2, 0) is 9.47 Å². The van der Waals surface area contributed by atoms with Gasteiger partial charge >= 0.3 is 0 Å². The van der Waals surface area contributed by atoms with Crippen molar-refractivity contribution in [2.75, 3.05) is 32.8 Å². The van der Waals surface area contributed by atoms with Crippen molar-refractivity contribution in [3.63, 3.8) is 0 Å². The lowest BCUT2D eigenvalue weighted by Gasteiger charge is -2.38. The lowest BCUT2D eigenvalue weighted by molar-refractivity contribution is -0.197. The third-order valence-electron chi connectivity index (χ3n) is 3.36. The molecule has 2 saturated heterocycles. The van der Waals surface area contributed by atoms with Gasteiger partial charge in [0.15, 0.2) is 5.79 Å². The van der Waals surface area contributed by atoms with E-state index in [0.29, 0.717) is 12.5 Å². The first kappa shape index (κ1) is 12.3. The molecular formula is C12H23NO3. The van der Waals surface area contributed by atoms with E-state index in [2.05, 4.69) is 18.7 Å². The summed E-state index contributed by atoms with van der Waals surface area (Å²) in [4.78, 5) is 2.47. The fourth-order valence-electron chi connectivity index (χ4n) is 2.56. The normalized spacial score (nSPS) is 30.4. The molecule has 2 aliphatic rings. The highest BCUT2D eigenvalue weighted by molar-refractivity contribution is 4.85. The molecule has 1 N–H and O–H groups in total. The van der Waals surface area contributed by atoms with Gasteiger partial charge in [0.1, 0.15) is 6.10 Å². The average Bonchev–Trinajstić information content (AvgIpc) is 2.65. The van der Waals surface area contributed by atoms with Gasteiger partial charge in [0.05, 0.1) is 13.2 Å². The molecule has 0 aromatic carbocycles. The first-order valence-electron chi connectivity index (χ1n) is 6.28. The molecule has 0 aromatic rings. The predicted octanol–water partition coefficient (Wildman–Crippen LogP) is 0.842. The summed E-state index contributed by atoms with van der Waals surface area (Å²) < 4.78 is 11.5. The Morgan fingerprint density at radius 2 is 2.06 bits per heavy atom. The Morgan fingerprint density at radius 3 is 2.56 bits per heavy atom. The lowest BCUT2D eigenvalue weighted by atomic mass is 10.0. The summed E-state index contributed by atoms with van der Waals surface area (Å²) in [6.07, 6.45) is 1.74. The zero-order chi connectivity index (χ0) is 11.6. The molecule has 0 aliphatic carbocycles. The van der Waals surface area contributed by atoms with E-state index in [1.54, 1.807) is 0 Å². The number of nitrogens with zero attached hydrogens (tertiary/aromatic N) is 1. The van der Waals surface area contributed by atoms with Crippen molar-refractivity contribution in [2.24, 2.45) is 5.92 Å². The van der Waals surface area contributed by atoms with Gasteiger partial charge < -0.3 is 19.5 Å². The van der Waals surface area contributed by atoms with Crippen molar-refractivity contribution >= 4 is 0 Å². The maximum absolute atomic E-state index is 9.04. The van der Waals surface area contributed by atoms with Gasteiger partial charge in [-0.2, -0.15) is 0 Å². The Kier molecular flexibility index (Phi) is 3.85. The van der Waals surface area contributed by atoms with Crippen LogP contribution in [-0.4, -0.2) is 54.7 Å². The molecule has 0 aromatic heterocycles. The summed E-state index contributed by atoms with van der Waals surface area (Å²) in [6.45, 7) is 8.33. The second-order valence-corrected chi connectivity index (χ2v) is 5.34. The van der Waals surface area contributed by atoms with Gasteiger partial charge in [-0.3, -0.25) is 0 Å². The third kappa shape index (κ3) is 2.74. The minimum Gasteiger partial charge on any atom is -0.394 e. The molecule has 0 bridgehead atoms. The van der Waals surface area contributed by atoms with Crippen molar-refractivity contribution < 1.29 is 14.6 Å². The average molecular weight is 229 g/mol. The molecule has 4 nitrogen and oxygen atoms in total. The molecule has 0 radical (unpaired) electrons. The number of aliphatic hydroxyl groups excluding tert-OH is 1. The van der Waals surface area contributed by atoms with Crippen LogP contribution in [0.5, 0.6) is 0 Å². The first-order chi connectivity index (χ1) is 7.63. The van der Waals surface area contributed by atoms with Crippen LogP contribution < -0.4 is 0 Å². The predicted molar refractivity (Wildman–Crippen MR) is 61.2 cm³/mol. The molecule has 2 aliphatic heterocycles. The quantitative estimate of drug-likeness (QED) is 0.779. The van der Waals surface area contributed by atoms with Gasteiger partial charge in [0.25, 0.3) is 0 Å². The topological polar surface area (TPSA) is 41.9 Å². The Morgan fingerprint density at radius 1 is 1.38 bits per heavy atom. The molecule has 1 spiro atoms. The van der Waals surface area contributed by atoms with E-state index < -0.39 is 0 Å². The Labute approximate surface area is 97.5 Å². The van der Waals surface area contributed by atoms with E-state index in [9.17, 15) is 0 Å². The zero-order valence-corrected chi connectivity index (χ0v) is 10.3. The molecule has 16 heavy (non-hydrogen) atoms. The van der Waals surface area contributed by atoms with Crippen molar-refractivity contribution in [1.29, 1.82) is 0 Å². The van der Waals surface area contributed by atoms with E-state index in [1.165, 1.54) is 0 Å². The molecule has 2 heterocycles.